The summed E-state index contributed by atoms with van der Waals surface area (Å²) in [7, 11) is -3.70. The molecule has 0 saturated heterocycles. The van der Waals surface area contributed by atoms with Crippen LogP contribution in [0.1, 0.15) is 38.7 Å². The van der Waals surface area contributed by atoms with Gasteiger partial charge in [0.25, 0.3) is 10.0 Å². The summed E-state index contributed by atoms with van der Waals surface area (Å²) in [5.74, 6) is -0.429. The molecule has 1 atom stereocenters. The molecule has 2 N–H and O–H groups in total. The molecule has 0 radical (unpaired) electrons. The first-order chi connectivity index (χ1) is 12.8. The lowest BCUT2D eigenvalue weighted by Gasteiger charge is -2.43. The van der Waals surface area contributed by atoms with Gasteiger partial charge in [-0.3, -0.25) is 4.79 Å². The Balaban J connectivity index is 1.69. The quantitative estimate of drug-likeness (QED) is 0.706. The average molecular weight is 407 g/mol. The summed E-state index contributed by atoms with van der Waals surface area (Å²) < 4.78 is 27.8. The third-order valence-electron chi connectivity index (χ3n) is 5.29. The first-order valence-electron chi connectivity index (χ1n) is 9.23. The van der Waals surface area contributed by atoms with Crippen LogP contribution in [0.25, 0.3) is 0 Å². The zero-order chi connectivity index (χ0) is 19.5. The van der Waals surface area contributed by atoms with Crippen molar-refractivity contribution in [1.82, 2.24) is 10.0 Å². The predicted molar refractivity (Wildman–Crippen MR) is 108 cm³/mol. The molecule has 146 valence electrons. The van der Waals surface area contributed by atoms with Gasteiger partial charge in [-0.1, -0.05) is 56.7 Å². The zero-order valence-electron chi connectivity index (χ0n) is 15.6. The molecule has 1 aromatic heterocycles. The highest BCUT2D eigenvalue weighted by molar-refractivity contribution is 7.91. The van der Waals surface area contributed by atoms with Crippen LogP contribution in [-0.4, -0.2) is 26.9 Å². The number of carbonyl (C=O) groups excluding carboxylic acids is 1. The molecule has 27 heavy (non-hydrogen) atoms. The number of rotatable bonds is 8. The zero-order valence-corrected chi connectivity index (χ0v) is 17.3. The third kappa shape index (κ3) is 4.42. The Morgan fingerprint density at radius 2 is 1.85 bits per heavy atom. The topological polar surface area (TPSA) is 75.3 Å². The van der Waals surface area contributed by atoms with Gasteiger partial charge in [-0.2, -0.15) is 4.72 Å². The molecule has 1 aliphatic carbocycles. The van der Waals surface area contributed by atoms with Gasteiger partial charge in [-0.15, -0.1) is 11.3 Å². The second kappa shape index (κ2) is 8.12. The lowest BCUT2D eigenvalue weighted by molar-refractivity contribution is -0.124. The van der Waals surface area contributed by atoms with Gasteiger partial charge < -0.3 is 5.32 Å². The normalized spacial score (nSPS) is 17.3. The average Bonchev–Trinajstić information content (AvgIpc) is 3.15. The van der Waals surface area contributed by atoms with Gasteiger partial charge in [0.15, 0.2) is 0 Å². The van der Waals surface area contributed by atoms with Crippen LogP contribution in [0.5, 0.6) is 0 Å². The van der Waals surface area contributed by atoms with Gasteiger partial charge in [0.05, 0.1) is 0 Å². The summed E-state index contributed by atoms with van der Waals surface area (Å²) in [6.45, 7) is 4.22. The minimum Gasteiger partial charge on any atom is -0.354 e. The molecule has 1 aromatic carbocycles. The number of benzene rings is 1. The number of amides is 1. The Kier molecular flexibility index (Phi) is 6.03. The minimum absolute atomic E-state index is 0.0366. The SMILES string of the molecule is CC(C)C(NS(=O)(=O)c1cccs1)C(=O)NCC1(c2ccccc2)CCC1. The maximum absolute atomic E-state index is 12.8. The number of hydrogen-bond acceptors (Lipinski definition) is 4. The molecule has 1 aliphatic rings. The maximum Gasteiger partial charge on any atom is 0.250 e. The van der Waals surface area contributed by atoms with Crippen molar-refractivity contribution in [2.45, 2.75) is 48.8 Å². The van der Waals surface area contributed by atoms with Crippen LogP contribution in [0.2, 0.25) is 0 Å². The number of nitrogens with one attached hydrogen (secondary N) is 2. The van der Waals surface area contributed by atoms with Gasteiger partial charge in [-0.25, -0.2) is 8.42 Å². The Labute approximate surface area is 165 Å². The van der Waals surface area contributed by atoms with Crippen molar-refractivity contribution in [2.75, 3.05) is 6.54 Å². The summed E-state index contributed by atoms with van der Waals surface area (Å²) in [6, 6.07) is 12.7. The van der Waals surface area contributed by atoms with Crippen molar-refractivity contribution in [3.8, 4) is 0 Å². The van der Waals surface area contributed by atoms with Crippen molar-refractivity contribution >= 4 is 27.3 Å². The lowest BCUT2D eigenvalue weighted by atomic mass is 9.64. The smallest absolute Gasteiger partial charge is 0.250 e. The molecule has 1 saturated carbocycles. The summed E-state index contributed by atoms with van der Waals surface area (Å²) in [4.78, 5) is 12.8. The molecule has 3 rings (SSSR count). The van der Waals surface area contributed by atoms with Crippen LogP contribution in [0, 0.1) is 5.92 Å². The Morgan fingerprint density at radius 1 is 1.15 bits per heavy atom. The molecule has 5 nitrogen and oxygen atoms in total. The molecule has 1 unspecified atom stereocenters. The Hall–Kier alpha value is -1.70. The van der Waals surface area contributed by atoms with E-state index in [1.807, 2.05) is 32.0 Å². The van der Waals surface area contributed by atoms with Crippen molar-refractivity contribution in [1.29, 1.82) is 0 Å². The second-order valence-electron chi connectivity index (χ2n) is 7.49. The van der Waals surface area contributed by atoms with E-state index in [2.05, 4.69) is 22.2 Å². The van der Waals surface area contributed by atoms with E-state index in [9.17, 15) is 13.2 Å². The summed E-state index contributed by atoms with van der Waals surface area (Å²) in [6.07, 6.45) is 3.21. The van der Waals surface area contributed by atoms with Gasteiger partial charge in [0, 0.05) is 12.0 Å². The summed E-state index contributed by atoms with van der Waals surface area (Å²) in [5, 5.41) is 4.72. The second-order valence-corrected chi connectivity index (χ2v) is 10.4. The number of thiophene rings is 1. The fourth-order valence-corrected chi connectivity index (χ4v) is 5.82. The molecular weight excluding hydrogens is 380 g/mol. The van der Waals surface area contributed by atoms with Crippen molar-refractivity contribution < 1.29 is 13.2 Å². The van der Waals surface area contributed by atoms with Gasteiger partial charge in [0.1, 0.15) is 10.3 Å². The number of sulfonamides is 1. The van der Waals surface area contributed by atoms with Gasteiger partial charge in [0.2, 0.25) is 5.91 Å². The van der Waals surface area contributed by atoms with E-state index in [1.165, 1.54) is 5.56 Å². The Bertz CT molecular complexity index is 858. The summed E-state index contributed by atoms with van der Waals surface area (Å²) in [5.41, 5.74) is 1.20. The van der Waals surface area contributed by atoms with Crippen LogP contribution in [0.3, 0.4) is 0 Å². The standard InChI is InChI=1S/C20H26N2O3S2/c1-15(2)18(22-27(24,25)17-10-6-13-26-17)19(23)21-14-20(11-7-12-20)16-8-4-3-5-9-16/h3-6,8-10,13,15,18,22H,7,11-12,14H2,1-2H3,(H,21,23). The highest BCUT2D eigenvalue weighted by atomic mass is 32.2. The van der Waals surface area contributed by atoms with Gasteiger partial charge in [-0.05, 0) is 35.8 Å². The van der Waals surface area contributed by atoms with E-state index in [0.29, 0.717) is 6.54 Å². The van der Waals surface area contributed by atoms with Crippen LogP contribution in [-0.2, 0) is 20.2 Å². The molecule has 0 spiro atoms. The van der Waals surface area contributed by atoms with Crippen molar-refractivity contribution in [3.05, 3.63) is 53.4 Å². The fourth-order valence-electron chi connectivity index (χ4n) is 3.46. The summed E-state index contributed by atoms with van der Waals surface area (Å²) >= 11 is 1.14. The molecule has 0 aliphatic heterocycles. The maximum atomic E-state index is 12.8. The first kappa shape index (κ1) is 20.0. The van der Waals surface area contributed by atoms with Crippen molar-refractivity contribution in [2.24, 2.45) is 5.92 Å². The van der Waals surface area contributed by atoms with Crippen LogP contribution < -0.4 is 10.0 Å². The molecule has 2 aromatic rings. The fraction of sp³-hybridized carbons (Fsp3) is 0.450. The molecule has 1 fully saturated rings. The van der Waals surface area contributed by atoms with Gasteiger partial charge >= 0.3 is 0 Å². The van der Waals surface area contributed by atoms with E-state index in [0.717, 1.165) is 30.6 Å². The monoisotopic (exact) mass is 406 g/mol. The molecule has 1 amide bonds. The van der Waals surface area contributed by atoms with E-state index in [1.54, 1.807) is 17.5 Å². The molecule has 0 bridgehead atoms. The molecule has 7 heteroatoms. The van der Waals surface area contributed by atoms with E-state index >= 15 is 0 Å². The van der Waals surface area contributed by atoms with Crippen LogP contribution in [0.15, 0.2) is 52.1 Å². The first-order valence-corrected chi connectivity index (χ1v) is 11.6. The predicted octanol–water partition coefficient (Wildman–Crippen LogP) is 3.29. The van der Waals surface area contributed by atoms with E-state index < -0.39 is 16.1 Å². The third-order valence-corrected chi connectivity index (χ3v) is 8.13. The van der Waals surface area contributed by atoms with E-state index in [4.69, 9.17) is 0 Å². The highest BCUT2D eigenvalue weighted by Crippen LogP contribution is 2.43. The lowest BCUT2D eigenvalue weighted by Crippen LogP contribution is -2.53. The minimum atomic E-state index is -3.70. The highest BCUT2D eigenvalue weighted by Gasteiger charge is 2.39. The number of hydrogen-bond donors (Lipinski definition) is 2. The molecule has 1 heterocycles. The van der Waals surface area contributed by atoms with E-state index in [-0.39, 0.29) is 21.4 Å². The number of carbonyl (C=O) groups is 1. The largest absolute Gasteiger partial charge is 0.354 e. The Morgan fingerprint density at radius 3 is 2.37 bits per heavy atom. The van der Waals surface area contributed by atoms with Crippen molar-refractivity contribution in [3.63, 3.8) is 0 Å². The van der Waals surface area contributed by atoms with Crippen LogP contribution >= 0.6 is 11.3 Å². The van der Waals surface area contributed by atoms with Crippen LogP contribution in [0.4, 0.5) is 0 Å². The molecular formula is C20H26N2O3S2.